The van der Waals surface area contributed by atoms with E-state index in [1.165, 1.54) is 0 Å². The topological polar surface area (TPSA) is 75.4 Å². The van der Waals surface area contributed by atoms with Gasteiger partial charge in [-0.2, -0.15) is 5.10 Å². The zero-order valence-electron chi connectivity index (χ0n) is 16.8. The van der Waals surface area contributed by atoms with E-state index in [2.05, 4.69) is 39.1 Å². The number of anilines is 2. The van der Waals surface area contributed by atoms with Crippen molar-refractivity contribution in [3.8, 4) is 0 Å². The first-order chi connectivity index (χ1) is 14.3. The predicted octanol–water partition coefficient (Wildman–Crippen LogP) is 4.43. The first-order valence-corrected chi connectivity index (χ1v) is 10.8. The van der Waals surface area contributed by atoms with E-state index in [0.717, 1.165) is 43.0 Å². The maximum absolute atomic E-state index is 13.2. The molecule has 0 unspecified atom stereocenters. The maximum Gasteiger partial charge on any atom is 0.232 e. The number of fused-ring (bicyclic) bond motifs is 3. The number of nitrogens with zero attached hydrogens (tertiary/aromatic N) is 5. The highest BCUT2D eigenvalue weighted by molar-refractivity contribution is 6.33. The van der Waals surface area contributed by atoms with Gasteiger partial charge in [-0.3, -0.25) is 4.79 Å². The number of carbonyl (C=O) groups is 1. The average Bonchev–Trinajstić information content (AvgIpc) is 3.39. The van der Waals surface area contributed by atoms with E-state index in [1.54, 1.807) is 29.0 Å². The average molecular weight is 445 g/mol. The Morgan fingerprint density at radius 3 is 2.67 bits per heavy atom. The molecular weight excluding hydrogens is 423 g/mol. The first-order valence-electron chi connectivity index (χ1n) is 10.1. The number of halogens is 2. The molecule has 3 aromatic rings. The van der Waals surface area contributed by atoms with Crippen LogP contribution in [-0.2, 0) is 10.2 Å². The molecule has 1 N–H and O–H groups in total. The standard InChI is InChI=1S/C21H22Cl2N6O/c1-21(2)9-13(14-11-24-17-8-16(23)27-29(17)18(14)21)20(30)26-12-7-15(22)19(25-10-12)28-5-3-4-6-28/h7-8,10-11,13H,3-6,9H2,1-2H3,(H,26,30)/t13-/m0/s1. The molecule has 0 radical (unpaired) electrons. The second-order valence-corrected chi connectivity index (χ2v) is 9.45. The minimum Gasteiger partial charge on any atom is -0.355 e. The van der Waals surface area contributed by atoms with E-state index in [1.807, 2.05) is 0 Å². The third-order valence-electron chi connectivity index (χ3n) is 6.02. The molecule has 0 spiro atoms. The zero-order chi connectivity index (χ0) is 21.0. The summed E-state index contributed by atoms with van der Waals surface area (Å²) in [5, 5.41) is 8.30. The van der Waals surface area contributed by atoms with Gasteiger partial charge >= 0.3 is 0 Å². The van der Waals surface area contributed by atoms with Gasteiger partial charge in [0.25, 0.3) is 0 Å². The number of nitrogens with one attached hydrogen (secondary N) is 1. The van der Waals surface area contributed by atoms with E-state index >= 15 is 0 Å². The van der Waals surface area contributed by atoms with Gasteiger partial charge in [0.2, 0.25) is 5.91 Å². The molecule has 0 saturated carbocycles. The highest BCUT2D eigenvalue weighted by Gasteiger charge is 2.43. The molecule has 0 aromatic carbocycles. The summed E-state index contributed by atoms with van der Waals surface area (Å²) in [7, 11) is 0. The molecule has 1 saturated heterocycles. The Labute approximate surface area is 184 Å². The summed E-state index contributed by atoms with van der Waals surface area (Å²) in [5.41, 5.74) is 2.87. The van der Waals surface area contributed by atoms with E-state index in [-0.39, 0.29) is 17.2 Å². The summed E-state index contributed by atoms with van der Waals surface area (Å²) in [4.78, 5) is 24.3. The first kappa shape index (κ1) is 19.6. The number of pyridine rings is 1. The largest absolute Gasteiger partial charge is 0.355 e. The summed E-state index contributed by atoms with van der Waals surface area (Å²) in [6.07, 6.45) is 6.39. The number of carbonyl (C=O) groups excluding carboxylic acids is 1. The summed E-state index contributed by atoms with van der Waals surface area (Å²) in [6, 6.07) is 3.50. The van der Waals surface area contributed by atoms with Crippen molar-refractivity contribution in [1.82, 2.24) is 19.6 Å². The molecule has 7 nitrogen and oxygen atoms in total. The molecule has 1 aliphatic heterocycles. The summed E-state index contributed by atoms with van der Waals surface area (Å²) in [5.74, 6) is 0.335. The van der Waals surface area contributed by atoms with Crippen LogP contribution in [0.3, 0.4) is 0 Å². The van der Waals surface area contributed by atoms with Crippen molar-refractivity contribution in [3.05, 3.63) is 46.0 Å². The molecule has 5 rings (SSSR count). The van der Waals surface area contributed by atoms with Crippen molar-refractivity contribution in [2.24, 2.45) is 0 Å². The molecule has 2 aliphatic rings. The van der Waals surface area contributed by atoms with Gasteiger partial charge in [-0.15, -0.1) is 0 Å². The van der Waals surface area contributed by atoms with Crippen LogP contribution in [0.4, 0.5) is 11.5 Å². The summed E-state index contributed by atoms with van der Waals surface area (Å²) in [6.45, 7) is 6.14. The Kier molecular flexibility index (Phi) is 4.63. The lowest BCUT2D eigenvalue weighted by Crippen LogP contribution is -2.22. The van der Waals surface area contributed by atoms with Crippen molar-refractivity contribution in [3.63, 3.8) is 0 Å². The van der Waals surface area contributed by atoms with Gasteiger partial charge in [-0.25, -0.2) is 14.5 Å². The second kappa shape index (κ2) is 7.10. The lowest BCUT2D eigenvalue weighted by molar-refractivity contribution is -0.117. The molecular formula is C21H22Cl2N6O. The fourth-order valence-electron chi connectivity index (χ4n) is 4.69. The highest BCUT2D eigenvalue weighted by Crippen LogP contribution is 2.46. The minimum absolute atomic E-state index is 0.104. The third-order valence-corrected chi connectivity index (χ3v) is 6.49. The monoisotopic (exact) mass is 444 g/mol. The molecule has 30 heavy (non-hydrogen) atoms. The van der Waals surface area contributed by atoms with Crippen molar-refractivity contribution >= 4 is 46.3 Å². The highest BCUT2D eigenvalue weighted by atomic mass is 35.5. The summed E-state index contributed by atoms with van der Waals surface area (Å²) < 4.78 is 1.76. The smallest absolute Gasteiger partial charge is 0.232 e. The van der Waals surface area contributed by atoms with Crippen LogP contribution in [-0.4, -0.2) is 38.6 Å². The van der Waals surface area contributed by atoms with E-state index in [9.17, 15) is 4.79 Å². The number of hydrogen-bond donors (Lipinski definition) is 1. The maximum atomic E-state index is 13.2. The van der Waals surface area contributed by atoms with Crippen molar-refractivity contribution in [2.75, 3.05) is 23.3 Å². The van der Waals surface area contributed by atoms with E-state index in [4.69, 9.17) is 23.2 Å². The molecule has 1 fully saturated rings. The SMILES string of the molecule is CC1(C)C[C@H](C(=O)Nc2cnc(N3CCCC3)c(Cl)c2)c2cnc3cc(Cl)nn3c21. The summed E-state index contributed by atoms with van der Waals surface area (Å²) >= 11 is 12.5. The van der Waals surface area contributed by atoms with Crippen LogP contribution in [0.15, 0.2) is 24.5 Å². The molecule has 4 heterocycles. The molecule has 9 heteroatoms. The molecule has 1 aliphatic carbocycles. The van der Waals surface area contributed by atoms with Crippen LogP contribution in [0.25, 0.3) is 5.65 Å². The van der Waals surface area contributed by atoms with E-state index in [0.29, 0.717) is 27.9 Å². The molecule has 1 atom stereocenters. The van der Waals surface area contributed by atoms with Crippen LogP contribution < -0.4 is 10.2 Å². The quantitative estimate of drug-likeness (QED) is 0.646. The minimum atomic E-state index is -0.341. The van der Waals surface area contributed by atoms with Crippen molar-refractivity contribution in [2.45, 2.75) is 44.4 Å². The lowest BCUT2D eigenvalue weighted by atomic mass is 9.88. The van der Waals surface area contributed by atoms with Crippen LogP contribution in [0, 0.1) is 0 Å². The normalized spacial score (nSPS) is 20.0. The van der Waals surface area contributed by atoms with Crippen LogP contribution in [0.1, 0.15) is 50.3 Å². The Morgan fingerprint density at radius 1 is 1.17 bits per heavy atom. The fraction of sp³-hybridized carbons (Fsp3) is 0.429. The van der Waals surface area contributed by atoms with Gasteiger partial charge in [0.1, 0.15) is 5.82 Å². The van der Waals surface area contributed by atoms with Gasteiger partial charge in [0.05, 0.1) is 28.5 Å². The second-order valence-electron chi connectivity index (χ2n) is 8.65. The Morgan fingerprint density at radius 2 is 1.93 bits per heavy atom. The third kappa shape index (κ3) is 3.20. The van der Waals surface area contributed by atoms with Gasteiger partial charge in [-0.05, 0) is 25.3 Å². The van der Waals surface area contributed by atoms with Gasteiger partial charge < -0.3 is 10.2 Å². The number of aromatic nitrogens is 4. The zero-order valence-corrected chi connectivity index (χ0v) is 18.3. The molecule has 3 aromatic heterocycles. The van der Waals surface area contributed by atoms with Gasteiger partial charge in [0, 0.05) is 36.3 Å². The van der Waals surface area contributed by atoms with E-state index < -0.39 is 0 Å². The number of amides is 1. The van der Waals surface area contributed by atoms with Crippen LogP contribution in [0.2, 0.25) is 10.2 Å². The Hall–Kier alpha value is -2.38. The van der Waals surface area contributed by atoms with Crippen LogP contribution >= 0.6 is 23.2 Å². The fourth-order valence-corrected chi connectivity index (χ4v) is 5.15. The Balaban J connectivity index is 1.43. The van der Waals surface area contributed by atoms with Crippen molar-refractivity contribution < 1.29 is 4.79 Å². The molecule has 1 amide bonds. The van der Waals surface area contributed by atoms with Crippen LogP contribution in [0.5, 0.6) is 0 Å². The number of hydrogen-bond acceptors (Lipinski definition) is 5. The van der Waals surface area contributed by atoms with Gasteiger partial charge in [-0.1, -0.05) is 37.0 Å². The van der Waals surface area contributed by atoms with Crippen molar-refractivity contribution in [1.29, 1.82) is 0 Å². The predicted molar refractivity (Wildman–Crippen MR) is 118 cm³/mol. The number of rotatable bonds is 3. The Bertz CT molecular complexity index is 1150. The van der Waals surface area contributed by atoms with Gasteiger partial charge in [0.15, 0.2) is 10.8 Å². The molecule has 0 bridgehead atoms. The molecule has 156 valence electrons. The lowest BCUT2D eigenvalue weighted by Gasteiger charge is -2.20.